The van der Waals surface area contributed by atoms with Gasteiger partial charge in [0.25, 0.3) is 0 Å². The molecule has 2 aromatic heterocycles. The molecule has 0 spiro atoms. The highest BCUT2D eigenvalue weighted by Crippen LogP contribution is 2.39. The van der Waals surface area contributed by atoms with Crippen LogP contribution in [0.25, 0.3) is 10.2 Å². The van der Waals surface area contributed by atoms with E-state index < -0.39 is 0 Å². The molecule has 140 valence electrons. The highest BCUT2D eigenvalue weighted by atomic mass is 32.1. The van der Waals surface area contributed by atoms with E-state index in [1.165, 1.54) is 18.3 Å². The van der Waals surface area contributed by atoms with Crippen molar-refractivity contribution < 1.29 is 9.59 Å². The zero-order valence-electron chi connectivity index (χ0n) is 15.4. The number of nitrogens with two attached hydrogens (primary N) is 1. The van der Waals surface area contributed by atoms with Crippen LogP contribution >= 0.6 is 11.3 Å². The Morgan fingerprint density at radius 1 is 1.31 bits per heavy atom. The molecule has 7 nitrogen and oxygen atoms in total. The van der Waals surface area contributed by atoms with Crippen LogP contribution in [-0.4, -0.2) is 60.3 Å². The molecule has 1 fully saturated rings. The third-order valence-corrected chi connectivity index (χ3v) is 5.67. The van der Waals surface area contributed by atoms with E-state index in [2.05, 4.69) is 20.1 Å². The normalized spacial score (nSPS) is 15.6. The number of nitrogens with one attached hydrogen (secondary N) is 1. The predicted octanol–water partition coefficient (Wildman–Crippen LogP) is 1.73. The SMILES string of the molecule is CC(=O)c1sc2nccc(N3CCN(CC(=O)NC(C)C)CC3)c2c1N. The maximum atomic E-state index is 11.9. The van der Waals surface area contributed by atoms with Gasteiger partial charge in [-0.05, 0) is 19.9 Å². The van der Waals surface area contributed by atoms with Gasteiger partial charge in [-0.25, -0.2) is 4.98 Å². The monoisotopic (exact) mass is 375 g/mol. The number of thiophene rings is 1. The van der Waals surface area contributed by atoms with Gasteiger partial charge in [0.2, 0.25) is 5.91 Å². The van der Waals surface area contributed by atoms with Crippen molar-refractivity contribution in [2.45, 2.75) is 26.8 Å². The second-order valence-electron chi connectivity index (χ2n) is 6.90. The van der Waals surface area contributed by atoms with E-state index in [4.69, 9.17) is 5.73 Å². The number of hydrogen-bond donors (Lipinski definition) is 2. The summed E-state index contributed by atoms with van der Waals surface area (Å²) in [5.41, 5.74) is 7.79. The molecule has 1 saturated heterocycles. The first-order chi connectivity index (χ1) is 12.4. The van der Waals surface area contributed by atoms with Gasteiger partial charge in [-0.2, -0.15) is 0 Å². The molecule has 3 rings (SSSR count). The van der Waals surface area contributed by atoms with Crippen molar-refractivity contribution in [3.8, 4) is 0 Å². The quantitative estimate of drug-likeness (QED) is 0.774. The second-order valence-corrected chi connectivity index (χ2v) is 7.90. The third kappa shape index (κ3) is 3.81. The number of carbonyl (C=O) groups excluding carboxylic acids is 2. The number of ketones is 1. The van der Waals surface area contributed by atoms with Gasteiger partial charge in [0.05, 0.1) is 28.2 Å². The maximum Gasteiger partial charge on any atom is 0.234 e. The van der Waals surface area contributed by atoms with E-state index in [-0.39, 0.29) is 17.7 Å². The molecule has 2 aromatic rings. The average Bonchev–Trinajstić information content (AvgIpc) is 2.92. The van der Waals surface area contributed by atoms with Gasteiger partial charge < -0.3 is 16.0 Å². The van der Waals surface area contributed by atoms with Crippen LogP contribution in [0.1, 0.15) is 30.4 Å². The van der Waals surface area contributed by atoms with Crippen molar-refractivity contribution in [3.05, 3.63) is 17.1 Å². The summed E-state index contributed by atoms with van der Waals surface area (Å²) in [4.78, 5) is 33.9. The van der Waals surface area contributed by atoms with Crippen LogP contribution in [0.15, 0.2) is 12.3 Å². The molecular formula is C18H25N5O2S. The summed E-state index contributed by atoms with van der Waals surface area (Å²) in [6.45, 7) is 9.10. The Balaban J connectivity index is 1.74. The Labute approximate surface area is 157 Å². The topological polar surface area (TPSA) is 91.6 Å². The lowest BCUT2D eigenvalue weighted by molar-refractivity contribution is -0.122. The number of Topliss-reactive ketones (excluding diaryl/α,β-unsaturated/α-hetero) is 1. The molecule has 0 saturated carbocycles. The molecule has 1 aliphatic heterocycles. The summed E-state index contributed by atoms with van der Waals surface area (Å²) in [5.74, 6) is 0.0327. The maximum absolute atomic E-state index is 11.9. The van der Waals surface area contributed by atoms with Gasteiger partial charge in [-0.15, -0.1) is 11.3 Å². The Bertz CT molecular complexity index is 824. The van der Waals surface area contributed by atoms with Crippen molar-refractivity contribution in [2.75, 3.05) is 43.4 Å². The van der Waals surface area contributed by atoms with E-state index >= 15 is 0 Å². The highest BCUT2D eigenvalue weighted by Gasteiger charge is 2.23. The fourth-order valence-corrected chi connectivity index (χ4v) is 4.25. The minimum absolute atomic E-state index is 0.0302. The van der Waals surface area contributed by atoms with E-state index in [1.54, 1.807) is 6.20 Å². The van der Waals surface area contributed by atoms with Crippen molar-refractivity contribution in [3.63, 3.8) is 0 Å². The fourth-order valence-electron chi connectivity index (χ4n) is 3.27. The summed E-state index contributed by atoms with van der Waals surface area (Å²) in [7, 11) is 0. The number of amides is 1. The number of carbonyl (C=O) groups is 2. The lowest BCUT2D eigenvalue weighted by Gasteiger charge is -2.36. The number of fused-ring (bicyclic) bond motifs is 1. The molecule has 0 radical (unpaired) electrons. The molecule has 0 atom stereocenters. The molecule has 3 heterocycles. The number of aromatic nitrogens is 1. The molecule has 0 bridgehead atoms. The van der Waals surface area contributed by atoms with Crippen molar-refractivity contribution in [1.29, 1.82) is 0 Å². The molecule has 0 aliphatic carbocycles. The fraction of sp³-hybridized carbons (Fsp3) is 0.500. The smallest absolute Gasteiger partial charge is 0.234 e. The molecule has 8 heteroatoms. The van der Waals surface area contributed by atoms with E-state index in [0.29, 0.717) is 17.1 Å². The van der Waals surface area contributed by atoms with Crippen LogP contribution in [-0.2, 0) is 4.79 Å². The molecular weight excluding hydrogens is 350 g/mol. The first-order valence-corrected chi connectivity index (χ1v) is 9.63. The lowest BCUT2D eigenvalue weighted by atomic mass is 10.1. The van der Waals surface area contributed by atoms with E-state index in [9.17, 15) is 9.59 Å². The van der Waals surface area contributed by atoms with Gasteiger partial charge in [0.15, 0.2) is 5.78 Å². The highest BCUT2D eigenvalue weighted by molar-refractivity contribution is 7.21. The van der Waals surface area contributed by atoms with E-state index in [0.717, 1.165) is 42.1 Å². The Hall–Kier alpha value is -2.19. The van der Waals surface area contributed by atoms with E-state index in [1.807, 2.05) is 19.9 Å². The standard InChI is InChI=1S/C18H25N5O2S/c1-11(2)21-14(25)10-22-6-8-23(9-7-22)13-4-5-20-18-15(13)16(19)17(26-18)12(3)24/h4-5,11H,6-10,19H2,1-3H3,(H,21,25). The van der Waals surface area contributed by atoms with Gasteiger partial charge in [-0.3, -0.25) is 14.5 Å². The van der Waals surface area contributed by atoms with Crippen LogP contribution in [0, 0.1) is 0 Å². The number of nitrogen functional groups attached to an aromatic ring is 1. The molecule has 0 aromatic carbocycles. The lowest BCUT2D eigenvalue weighted by Crippen LogP contribution is -2.50. The number of piperazine rings is 1. The third-order valence-electron chi connectivity index (χ3n) is 4.46. The summed E-state index contributed by atoms with van der Waals surface area (Å²) in [6.07, 6.45) is 1.76. The Kier molecular flexibility index (Phi) is 5.43. The number of pyridine rings is 1. The molecule has 1 aliphatic rings. The molecule has 3 N–H and O–H groups in total. The van der Waals surface area contributed by atoms with Crippen molar-refractivity contribution >= 4 is 44.6 Å². The minimum atomic E-state index is -0.0302. The molecule has 0 unspecified atom stereocenters. The predicted molar refractivity (Wildman–Crippen MR) is 106 cm³/mol. The Morgan fingerprint density at radius 2 is 2.00 bits per heavy atom. The number of nitrogens with zero attached hydrogens (tertiary/aromatic N) is 3. The zero-order valence-corrected chi connectivity index (χ0v) is 16.2. The van der Waals surface area contributed by atoms with Crippen LogP contribution in [0.4, 0.5) is 11.4 Å². The number of hydrogen-bond acceptors (Lipinski definition) is 7. The minimum Gasteiger partial charge on any atom is -0.397 e. The van der Waals surface area contributed by atoms with Crippen LogP contribution < -0.4 is 16.0 Å². The summed E-state index contributed by atoms with van der Waals surface area (Å²) in [6, 6.07) is 2.11. The first-order valence-electron chi connectivity index (χ1n) is 8.81. The second kappa shape index (κ2) is 7.59. The van der Waals surface area contributed by atoms with Gasteiger partial charge >= 0.3 is 0 Å². The van der Waals surface area contributed by atoms with Gasteiger partial charge in [0, 0.05) is 45.3 Å². The molecule has 1 amide bonds. The van der Waals surface area contributed by atoms with Crippen LogP contribution in [0.2, 0.25) is 0 Å². The van der Waals surface area contributed by atoms with Gasteiger partial charge in [-0.1, -0.05) is 0 Å². The molecule has 26 heavy (non-hydrogen) atoms. The van der Waals surface area contributed by atoms with Crippen molar-refractivity contribution in [2.24, 2.45) is 0 Å². The summed E-state index contributed by atoms with van der Waals surface area (Å²) >= 11 is 1.35. The van der Waals surface area contributed by atoms with Crippen LogP contribution in [0.3, 0.4) is 0 Å². The van der Waals surface area contributed by atoms with Crippen LogP contribution in [0.5, 0.6) is 0 Å². The number of anilines is 2. The largest absolute Gasteiger partial charge is 0.397 e. The first kappa shape index (κ1) is 18.6. The summed E-state index contributed by atoms with van der Waals surface area (Å²) in [5, 5.41) is 3.80. The Morgan fingerprint density at radius 3 is 2.62 bits per heavy atom. The zero-order chi connectivity index (χ0) is 18.8. The number of rotatable bonds is 5. The van der Waals surface area contributed by atoms with Gasteiger partial charge in [0.1, 0.15) is 4.83 Å². The van der Waals surface area contributed by atoms with Crippen molar-refractivity contribution in [1.82, 2.24) is 15.2 Å². The average molecular weight is 375 g/mol. The summed E-state index contributed by atoms with van der Waals surface area (Å²) < 4.78 is 0.